The smallest absolute Gasteiger partial charge is 0.164 e. The average Bonchev–Trinajstić information content (AvgIpc) is 3.91. The minimum absolute atomic E-state index is 0.548. The molecule has 6 nitrogen and oxygen atoms in total. The molecule has 0 N–H and O–H groups in total. The fraction of sp³-hybridized carbons (Fsp3) is 0. The Morgan fingerprint density at radius 1 is 0.528 bits per heavy atom. The SMILES string of the molecule is N#Cc1ccc(-c2nc(-c3ccccc3)nc(-c3ccc(-n4c5ccccc5c5c6oc7ccccc7c6c6c7ccccc7sc6c54)cc3)n2)cc1. The molecule has 0 atom stereocenters. The summed E-state index contributed by atoms with van der Waals surface area (Å²) in [4.78, 5) is 14.7. The molecule has 7 aromatic carbocycles. The molecule has 0 saturated heterocycles. The van der Waals surface area contributed by atoms with Crippen LogP contribution < -0.4 is 0 Å². The van der Waals surface area contributed by atoms with E-state index in [1.165, 1.54) is 25.6 Å². The fourth-order valence-corrected chi connectivity index (χ4v) is 8.94. The lowest BCUT2D eigenvalue weighted by Gasteiger charge is -2.11. The van der Waals surface area contributed by atoms with Crippen LogP contribution in [0.1, 0.15) is 5.56 Å². The van der Waals surface area contributed by atoms with Crippen molar-refractivity contribution in [3.8, 4) is 45.9 Å². The van der Waals surface area contributed by atoms with Gasteiger partial charge in [-0.2, -0.15) is 5.26 Å². The molecule has 246 valence electrons. The first kappa shape index (κ1) is 29.6. The van der Waals surface area contributed by atoms with E-state index in [0.717, 1.165) is 60.7 Å². The Bertz CT molecular complexity index is 3280. The molecule has 0 unspecified atom stereocenters. The molecule has 7 heteroatoms. The molecule has 0 aliphatic rings. The van der Waals surface area contributed by atoms with E-state index in [4.69, 9.17) is 19.4 Å². The van der Waals surface area contributed by atoms with Gasteiger partial charge in [-0.05, 0) is 66.7 Å². The predicted molar refractivity (Wildman–Crippen MR) is 215 cm³/mol. The number of aromatic nitrogens is 4. The van der Waals surface area contributed by atoms with Gasteiger partial charge in [-0.15, -0.1) is 11.3 Å². The summed E-state index contributed by atoms with van der Waals surface area (Å²) in [6, 6.07) is 53.6. The molecule has 4 heterocycles. The number of benzene rings is 7. The maximum absolute atomic E-state index is 9.36. The summed E-state index contributed by atoms with van der Waals surface area (Å²) in [5.41, 5.74) is 8.25. The molecule has 0 spiro atoms. The normalized spacial score (nSPS) is 11.8. The minimum Gasteiger partial charge on any atom is -0.455 e. The highest BCUT2D eigenvalue weighted by atomic mass is 32.1. The van der Waals surface area contributed by atoms with E-state index < -0.39 is 0 Å². The number of fused-ring (bicyclic) bond motifs is 12. The first-order valence-electron chi connectivity index (χ1n) is 17.3. The Morgan fingerprint density at radius 3 is 1.83 bits per heavy atom. The number of rotatable bonds is 4. The number of para-hydroxylation sites is 2. The maximum atomic E-state index is 9.36. The zero-order valence-electron chi connectivity index (χ0n) is 28.0. The highest BCUT2D eigenvalue weighted by molar-refractivity contribution is 7.27. The summed E-state index contributed by atoms with van der Waals surface area (Å²) in [5, 5.41) is 16.4. The van der Waals surface area contributed by atoms with Gasteiger partial charge < -0.3 is 8.98 Å². The van der Waals surface area contributed by atoms with Crippen molar-refractivity contribution in [2.75, 3.05) is 0 Å². The van der Waals surface area contributed by atoms with Crippen molar-refractivity contribution in [3.63, 3.8) is 0 Å². The number of nitrogens with zero attached hydrogens (tertiary/aromatic N) is 5. The van der Waals surface area contributed by atoms with E-state index in [0.29, 0.717) is 23.0 Å². The number of hydrogen-bond acceptors (Lipinski definition) is 6. The summed E-state index contributed by atoms with van der Waals surface area (Å²) >= 11 is 1.84. The van der Waals surface area contributed by atoms with Gasteiger partial charge in [-0.3, -0.25) is 0 Å². The summed E-state index contributed by atoms with van der Waals surface area (Å²) in [6.07, 6.45) is 0. The molecule has 53 heavy (non-hydrogen) atoms. The number of hydrogen-bond donors (Lipinski definition) is 0. The van der Waals surface area contributed by atoms with Gasteiger partial charge in [0.1, 0.15) is 11.2 Å². The largest absolute Gasteiger partial charge is 0.455 e. The Kier molecular flexibility index (Phi) is 6.38. The second-order valence-corrected chi connectivity index (χ2v) is 14.1. The van der Waals surface area contributed by atoms with Crippen molar-refractivity contribution in [2.24, 2.45) is 0 Å². The van der Waals surface area contributed by atoms with Crippen LogP contribution in [0.25, 0.3) is 104 Å². The van der Waals surface area contributed by atoms with Crippen LogP contribution in [-0.2, 0) is 0 Å². The summed E-state index contributed by atoms with van der Waals surface area (Å²) < 4.78 is 11.6. The Hall–Kier alpha value is -7.14. The molecule has 0 amide bonds. The maximum Gasteiger partial charge on any atom is 0.164 e. The van der Waals surface area contributed by atoms with Gasteiger partial charge in [-0.25, -0.2) is 15.0 Å². The van der Waals surface area contributed by atoms with Gasteiger partial charge in [0.25, 0.3) is 0 Å². The van der Waals surface area contributed by atoms with E-state index >= 15 is 0 Å². The van der Waals surface area contributed by atoms with Crippen LogP contribution in [0.3, 0.4) is 0 Å². The van der Waals surface area contributed by atoms with Crippen molar-refractivity contribution in [3.05, 3.63) is 157 Å². The van der Waals surface area contributed by atoms with Gasteiger partial charge in [0.2, 0.25) is 0 Å². The zero-order chi connectivity index (χ0) is 35.0. The molecular formula is C46H25N5OS. The Labute approximate surface area is 306 Å². The van der Waals surface area contributed by atoms with Crippen molar-refractivity contribution in [1.29, 1.82) is 5.26 Å². The lowest BCUT2D eigenvalue weighted by atomic mass is 10.0. The van der Waals surface area contributed by atoms with Crippen LogP contribution >= 0.6 is 11.3 Å². The molecule has 0 saturated carbocycles. The van der Waals surface area contributed by atoms with E-state index in [9.17, 15) is 5.26 Å². The van der Waals surface area contributed by atoms with E-state index in [-0.39, 0.29) is 0 Å². The third-order valence-corrected chi connectivity index (χ3v) is 11.3. The van der Waals surface area contributed by atoms with Crippen LogP contribution in [0, 0.1) is 11.3 Å². The molecule has 4 aromatic heterocycles. The van der Waals surface area contributed by atoms with Crippen LogP contribution in [0.2, 0.25) is 0 Å². The predicted octanol–water partition coefficient (Wildman–Crippen LogP) is 12.1. The summed E-state index contributed by atoms with van der Waals surface area (Å²) in [6.45, 7) is 0. The lowest BCUT2D eigenvalue weighted by Crippen LogP contribution is -2.00. The first-order chi connectivity index (χ1) is 26.2. The Balaban J connectivity index is 1.15. The quantitative estimate of drug-likeness (QED) is 0.183. The molecule has 0 fully saturated rings. The highest BCUT2D eigenvalue weighted by Gasteiger charge is 2.25. The monoisotopic (exact) mass is 695 g/mol. The Morgan fingerprint density at radius 2 is 1.11 bits per heavy atom. The molecule has 11 aromatic rings. The zero-order valence-corrected chi connectivity index (χ0v) is 28.8. The van der Waals surface area contributed by atoms with Gasteiger partial charge >= 0.3 is 0 Å². The lowest BCUT2D eigenvalue weighted by molar-refractivity contribution is 0.673. The van der Waals surface area contributed by atoms with Gasteiger partial charge in [0, 0.05) is 54.0 Å². The topological polar surface area (TPSA) is 80.5 Å². The first-order valence-corrected chi connectivity index (χ1v) is 18.2. The third kappa shape index (κ3) is 4.46. The van der Waals surface area contributed by atoms with Crippen molar-refractivity contribution in [1.82, 2.24) is 19.5 Å². The molecule has 0 radical (unpaired) electrons. The summed E-state index contributed by atoms with van der Waals surface area (Å²) in [7, 11) is 0. The van der Waals surface area contributed by atoms with Crippen LogP contribution in [0.5, 0.6) is 0 Å². The van der Waals surface area contributed by atoms with Gasteiger partial charge in [0.15, 0.2) is 17.5 Å². The van der Waals surface area contributed by atoms with E-state index in [1.54, 1.807) is 12.1 Å². The van der Waals surface area contributed by atoms with Crippen LogP contribution in [0.4, 0.5) is 0 Å². The molecule has 0 bridgehead atoms. The van der Waals surface area contributed by atoms with Gasteiger partial charge in [0.05, 0.1) is 32.8 Å². The second-order valence-electron chi connectivity index (χ2n) is 13.1. The number of furan rings is 1. The number of nitriles is 1. The minimum atomic E-state index is 0.548. The van der Waals surface area contributed by atoms with E-state index in [2.05, 4.69) is 102 Å². The van der Waals surface area contributed by atoms with E-state index in [1.807, 2.05) is 59.9 Å². The fourth-order valence-electron chi connectivity index (χ4n) is 7.69. The summed E-state index contributed by atoms with van der Waals surface area (Å²) in [5.74, 6) is 1.71. The molecule has 0 aliphatic heterocycles. The van der Waals surface area contributed by atoms with Crippen LogP contribution in [-0.4, -0.2) is 19.5 Å². The van der Waals surface area contributed by atoms with Crippen molar-refractivity contribution in [2.45, 2.75) is 0 Å². The third-order valence-electron chi connectivity index (χ3n) is 10.1. The number of thiophene rings is 1. The molecule has 0 aliphatic carbocycles. The molecular weight excluding hydrogens is 671 g/mol. The highest BCUT2D eigenvalue weighted by Crippen LogP contribution is 2.50. The van der Waals surface area contributed by atoms with Crippen molar-refractivity contribution < 1.29 is 4.42 Å². The standard InChI is InChI=1S/C46H25N5OS/c47-26-27-18-20-29(21-19-27)45-48-44(28-10-2-1-3-11-28)49-46(50-45)30-22-24-31(25-23-30)51-35-15-7-4-12-32(35)40-41(51)43-39(34-14-6-9-17-37(34)53-43)38-33-13-5-8-16-36(33)52-42(38)40/h1-25H. The molecule has 11 rings (SSSR count). The second kappa shape index (κ2) is 11.4. The average molecular weight is 696 g/mol. The van der Waals surface area contributed by atoms with Crippen molar-refractivity contribution >= 4 is 75.3 Å². The van der Waals surface area contributed by atoms with Crippen LogP contribution in [0.15, 0.2) is 156 Å². The van der Waals surface area contributed by atoms with Gasteiger partial charge in [-0.1, -0.05) is 84.9 Å².